The molecule has 1 N–H and O–H groups in total. The minimum atomic E-state index is -0.503. The van der Waals surface area contributed by atoms with E-state index in [1.54, 1.807) is 36.3 Å². The Bertz CT molecular complexity index is 976. The van der Waals surface area contributed by atoms with Crippen molar-refractivity contribution in [1.82, 2.24) is 5.32 Å². The van der Waals surface area contributed by atoms with Gasteiger partial charge in [-0.1, -0.05) is 38.8 Å². The minimum absolute atomic E-state index is 0.0266. The van der Waals surface area contributed by atoms with Crippen LogP contribution in [0.3, 0.4) is 0 Å². The first-order valence-corrected chi connectivity index (χ1v) is 11.9. The maximum absolute atomic E-state index is 13.7. The van der Waals surface area contributed by atoms with Gasteiger partial charge in [-0.25, -0.2) is 4.39 Å². The Labute approximate surface area is 195 Å². The van der Waals surface area contributed by atoms with Gasteiger partial charge in [-0.05, 0) is 66.6 Å². The van der Waals surface area contributed by atoms with Crippen molar-refractivity contribution >= 4 is 17.5 Å². The van der Waals surface area contributed by atoms with Gasteiger partial charge in [0.25, 0.3) is 0 Å². The van der Waals surface area contributed by atoms with E-state index in [1.807, 2.05) is 12.1 Å². The molecule has 176 valence electrons. The molecule has 2 fully saturated rings. The summed E-state index contributed by atoms with van der Waals surface area (Å²) in [5, 5.41) is 3.31. The van der Waals surface area contributed by atoms with Crippen LogP contribution in [0.15, 0.2) is 48.5 Å². The van der Waals surface area contributed by atoms with Crippen molar-refractivity contribution in [2.75, 3.05) is 12.0 Å². The summed E-state index contributed by atoms with van der Waals surface area (Å²) >= 11 is 0. The molecule has 4 rings (SSSR count). The smallest absolute Gasteiger partial charge is 0.227 e. The number of carbonyl (C=O) groups is 2. The summed E-state index contributed by atoms with van der Waals surface area (Å²) in [6, 6.07) is 13.1. The standard InChI is InChI=1S/C27H33FN2O3/c1-17-5-4-6-24(18(17)2)29-27(32)23-15-16-25(31)30(21-11-13-22(33-3)14-12-21)26(23)19-7-9-20(28)10-8-19/h7-14,17-18,23-24,26H,4-6,15-16H2,1-3H3,(H,29,32)/t17-,18+,23-,24-,26+/m1/s1. The zero-order chi connectivity index (χ0) is 23.5. The first-order chi connectivity index (χ1) is 15.9. The van der Waals surface area contributed by atoms with Crippen LogP contribution in [-0.2, 0) is 9.59 Å². The van der Waals surface area contributed by atoms with E-state index in [-0.39, 0.29) is 23.7 Å². The average molecular weight is 453 g/mol. The number of ether oxygens (including phenoxy) is 1. The summed E-state index contributed by atoms with van der Waals surface area (Å²) in [5.41, 5.74) is 1.46. The third-order valence-electron chi connectivity index (χ3n) is 7.53. The van der Waals surface area contributed by atoms with E-state index in [4.69, 9.17) is 4.74 Å². The summed E-state index contributed by atoms with van der Waals surface area (Å²) in [6.45, 7) is 4.45. The van der Waals surface area contributed by atoms with Crippen molar-refractivity contribution in [3.8, 4) is 5.75 Å². The summed E-state index contributed by atoms with van der Waals surface area (Å²) in [4.78, 5) is 28.5. The molecule has 1 saturated heterocycles. The Kier molecular flexibility index (Phi) is 7.01. The molecular formula is C27H33FN2O3. The molecule has 0 bridgehead atoms. The number of hydrogen-bond donors (Lipinski definition) is 1. The number of piperidine rings is 1. The zero-order valence-electron chi connectivity index (χ0n) is 19.6. The van der Waals surface area contributed by atoms with Crippen LogP contribution in [0.1, 0.15) is 57.6 Å². The van der Waals surface area contributed by atoms with Crippen LogP contribution in [0.5, 0.6) is 5.75 Å². The Hall–Kier alpha value is -2.89. The van der Waals surface area contributed by atoms with Gasteiger partial charge < -0.3 is 15.0 Å². The number of benzene rings is 2. The van der Waals surface area contributed by atoms with E-state index < -0.39 is 12.0 Å². The first-order valence-electron chi connectivity index (χ1n) is 11.9. The largest absolute Gasteiger partial charge is 0.497 e. The van der Waals surface area contributed by atoms with Gasteiger partial charge in [-0.3, -0.25) is 9.59 Å². The van der Waals surface area contributed by atoms with E-state index in [0.717, 1.165) is 18.4 Å². The minimum Gasteiger partial charge on any atom is -0.497 e. The molecule has 2 aliphatic rings. The second kappa shape index (κ2) is 9.94. The molecular weight excluding hydrogens is 419 g/mol. The monoisotopic (exact) mass is 452 g/mol. The molecule has 2 aromatic carbocycles. The number of methoxy groups -OCH3 is 1. The molecule has 2 amide bonds. The molecule has 2 aromatic rings. The zero-order valence-corrected chi connectivity index (χ0v) is 19.6. The number of carbonyl (C=O) groups excluding carboxylic acids is 2. The van der Waals surface area contributed by atoms with E-state index in [0.29, 0.717) is 36.1 Å². The number of hydrogen-bond acceptors (Lipinski definition) is 3. The fourth-order valence-electron chi connectivity index (χ4n) is 5.33. The van der Waals surface area contributed by atoms with Gasteiger partial charge in [0.1, 0.15) is 11.6 Å². The fourth-order valence-corrected chi connectivity index (χ4v) is 5.33. The van der Waals surface area contributed by atoms with Gasteiger partial charge in [-0.15, -0.1) is 0 Å². The molecule has 5 atom stereocenters. The second-order valence-corrected chi connectivity index (χ2v) is 9.49. The van der Waals surface area contributed by atoms with Gasteiger partial charge in [0.15, 0.2) is 0 Å². The third-order valence-corrected chi connectivity index (χ3v) is 7.53. The molecule has 6 heteroatoms. The maximum Gasteiger partial charge on any atom is 0.227 e. The lowest BCUT2D eigenvalue weighted by molar-refractivity contribution is -0.130. The molecule has 0 radical (unpaired) electrons. The lowest BCUT2D eigenvalue weighted by Gasteiger charge is -2.42. The van der Waals surface area contributed by atoms with Crippen LogP contribution in [-0.4, -0.2) is 25.0 Å². The van der Waals surface area contributed by atoms with Crippen LogP contribution in [0.25, 0.3) is 0 Å². The normalized spacial score (nSPS) is 27.8. The molecule has 33 heavy (non-hydrogen) atoms. The molecule has 1 aliphatic carbocycles. The highest BCUT2D eigenvalue weighted by molar-refractivity contribution is 5.97. The lowest BCUT2D eigenvalue weighted by atomic mass is 9.77. The SMILES string of the molecule is COc1ccc(N2C(=O)CC[C@@H](C(=O)N[C@@H]3CCC[C@@H](C)[C@@H]3C)[C@@H]2c2ccc(F)cc2)cc1. The van der Waals surface area contributed by atoms with Crippen molar-refractivity contribution in [3.05, 3.63) is 59.9 Å². The van der Waals surface area contributed by atoms with Crippen LogP contribution >= 0.6 is 0 Å². The van der Waals surface area contributed by atoms with Crippen molar-refractivity contribution in [1.29, 1.82) is 0 Å². The summed E-state index contributed by atoms with van der Waals surface area (Å²) in [5.74, 6) is 0.842. The molecule has 0 unspecified atom stereocenters. The third kappa shape index (κ3) is 4.90. The van der Waals surface area contributed by atoms with E-state index in [1.165, 1.54) is 18.6 Å². The topological polar surface area (TPSA) is 58.6 Å². The molecule has 5 nitrogen and oxygen atoms in total. The van der Waals surface area contributed by atoms with E-state index >= 15 is 0 Å². The van der Waals surface area contributed by atoms with Crippen molar-refractivity contribution in [2.24, 2.45) is 17.8 Å². The summed E-state index contributed by atoms with van der Waals surface area (Å²) in [6.07, 6.45) is 4.04. The average Bonchev–Trinajstić information content (AvgIpc) is 2.82. The van der Waals surface area contributed by atoms with Gasteiger partial charge in [0.2, 0.25) is 11.8 Å². The van der Waals surface area contributed by atoms with Crippen LogP contribution in [0.2, 0.25) is 0 Å². The van der Waals surface area contributed by atoms with Crippen LogP contribution in [0, 0.1) is 23.6 Å². The van der Waals surface area contributed by atoms with Gasteiger partial charge >= 0.3 is 0 Å². The number of nitrogens with zero attached hydrogens (tertiary/aromatic N) is 1. The molecule has 1 aliphatic heterocycles. The predicted octanol–water partition coefficient (Wildman–Crippen LogP) is 5.26. The second-order valence-electron chi connectivity index (χ2n) is 9.49. The summed E-state index contributed by atoms with van der Waals surface area (Å²) in [7, 11) is 1.59. The predicted molar refractivity (Wildman–Crippen MR) is 126 cm³/mol. The molecule has 0 aromatic heterocycles. The number of anilines is 1. The van der Waals surface area contributed by atoms with Crippen LogP contribution < -0.4 is 15.0 Å². The highest BCUT2D eigenvalue weighted by Crippen LogP contribution is 2.41. The lowest BCUT2D eigenvalue weighted by Crippen LogP contribution is -2.52. The van der Waals surface area contributed by atoms with Crippen molar-refractivity contribution in [3.63, 3.8) is 0 Å². The van der Waals surface area contributed by atoms with Gasteiger partial charge in [-0.2, -0.15) is 0 Å². The fraction of sp³-hybridized carbons (Fsp3) is 0.481. The Morgan fingerprint density at radius 1 is 1.03 bits per heavy atom. The highest BCUT2D eigenvalue weighted by atomic mass is 19.1. The van der Waals surface area contributed by atoms with Crippen LogP contribution in [0.4, 0.5) is 10.1 Å². The quantitative estimate of drug-likeness (QED) is 0.673. The number of halogens is 1. The van der Waals surface area contributed by atoms with E-state index in [9.17, 15) is 14.0 Å². The highest BCUT2D eigenvalue weighted by Gasteiger charge is 2.42. The summed E-state index contributed by atoms with van der Waals surface area (Å²) < 4.78 is 19.0. The van der Waals surface area contributed by atoms with Crippen molar-refractivity contribution < 1.29 is 18.7 Å². The number of amides is 2. The number of nitrogens with one attached hydrogen (secondary N) is 1. The number of rotatable bonds is 5. The van der Waals surface area contributed by atoms with Crippen molar-refractivity contribution in [2.45, 2.75) is 58.0 Å². The Balaban J connectivity index is 1.67. The first kappa shape index (κ1) is 23.3. The van der Waals surface area contributed by atoms with Gasteiger partial charge in [0.05, 0.1) is 19.1 Å². The van der Waals surface area contributed by atoms with E-state index in [2.05, 4.69) is 19.2 Å². The Morgan fingerprint density at radius 3 is 2.39 bits per heavy atom. The molecule has 1 heterocycles. The Morgan fingerprint density at radius 2 is 1.73 bits per heavy atom. The van der Waals surface area contributed by atoms with Gasteiger partial charge in [0, 0.05) is 18.2 Å². The molecule has 1 saturated carbocycles. The maximum atomic E-state index is 13.7. The molecule has 0 spiro atoms.